The highest BCUT2D eigenvalue weighted by atomic mass is 16.5. The van der Waals surface area contributed by atoms with E-state index >= 15 is 0 Å². The summed E-state index contributed by atoms with van der Waals surface area (Å²) in [5.74, 6) is 0. The monoisotopic (exact) mass is 340 g/mol. The molecule has 1 atom stereocenters. The van der Waals surface area contributed by atoms with E-state index in [1.807, 2.05) is 0 Å². The second kappa shape index (κ2) is 7.15. The molecule has 0 radical (unpaired) electrons. The highest BCUT2D eigenvalue weighted by Crippen LogP contribution is 2.25. The molecular formula is C14H26B2N2O6. The van der Waals surface area contributed by atoms with Crippen molar-refractivity contribution < 1.29 is 29.6 Å². The predicted octanol–water partition coefficient (Wildman–Crippen LogP) is -1.48. The third-order valence-corrected chi connectivity index (χ3v) is 4.61. The SMILES string of the molecule is CC(C)(O)C(C)(C)OB(O)c1cc(B(O)O)n([C@H]2CCCCO2)n1. The molecule has 1 aromatic rings. The van der Waals surface area contributed by atoms with E-state index in [1.54, 1.807) is 27.7 Å². The summed E-state index contributed by atoms with van der Waals surface area (Å²) < 4.78 is 12.5. The maximum Gasteiger partial charge on any atom is 0.513 e. The minimum atomic E-state index is -1.74. The van der Waals surface area contributed by atoms with E-state index in [1.165, 1.54) is 10.7 Å². The molecule has 8 nitrogen and oxygen atoms in total. The van der Waals surface area contributed by atoms with E-state index in [9.17, 15) is 20.2 Å². The van der Waals surface area contributed by atoms with Gasteiger partial charge in [-0.25, -0.2) is 4.68 Å². The number of rotatable bonds is 6. The van der Waals surface area contributed by atoms with Crippen LogP contribution >= 0.6 is 0 Å². The zero-order valence-electron chi connectivity index (χ0n) is 14.6. The van der Waals surface area contributed by atoms with E-state index in [-0.39, 0.29) is 11.2 Å². The molecule has 0 aliphatic carbocycles. The average molecular weight is 340 g/mol. The summed E-state index contributed by atoms with van der Waals surface area (Å²) in [4.78, 5) is 0. The van der Waals surface area contributed by atoms with Crippen LogP contribution in [-0.4, -0.2) is 62.0 Å². The molecule has 1 aliphatic rings. The van der Waals surface area contributed by atoms with Crippen LogP contribution in [0.5, 0.6) is 0 Å². The van der Waals surface area contributed by atoms with E-state index in [2.05, 4.69) is 5.10 Å². The Labute approximate surface area is 142 Å². The molecule has 10 heteroatoms. The van der Waals surface area contributed by atoms with Crippen molar-refractivity contribution in [3.05, 3.63) is 6.07 Å². The lowest BCUT2D eigenvalue weighted by atomic mass is 9.78. The molecular weight excluding hydrogens is 314 g/mol. The van der Waals surface area contributed by atoms with E-state index in [0.717, 1.165) is 12.8 Å². The van der Waals surface area contributed by atoms with Gasteiger partial charge in [0.2, 0.25) is 0 Å². The Bertz CT molecular complexity index is 552. The molecule has 0 aromatic carbocycles. The van der Waals surface area contributed by atoms with Crippen molar-refractivity contribution in [1.82, 2.24) is 9.78 Å². The van der Waals surface area contributed by atoms with Gasteiger partial charge in [-0.2, -0.15) is 5.10 Å². The van der Waals surface area contributed by atoms with Gasteiger partial charge in [0, 0.05) is 6.61 Å². The molecule has 1 aromatic heterocycles. The normalized spacial score (nSPS) is 19.4. The lowest BCUT2D eigenvalue weighted by Gasteiger charge is -2.38. The summed E-state index contributed by atoms with van der Waals surface area (Å²) in [5.41, 5.74) is -1.98. The molecule has 1 fully saturated rings. The predicted molar refractivity (Wildman–Crippen MR) is 90.0 cm³/mol. The first-order valence-corrected chi connectivity index (χ1v) is 8.18. The van der Waals surface area contributed by atoms with Gasteiger partial charge in [-0.05, 0) is 53.0 Å². The summed E-state index contributed by atoms with van der Waals surface area (Å²) >= 11 is 0. The lowest BCUT2D eigenvalue weighted by Crippen LogP contribution is -2.53. The fraction of sp³-hybridized carbons (Fsp3) is 0.786. The summed E-state index contributed by atoms with van der Waals surface area (Å²) in [6.45, 7) is 7.04. The van der Waals surface area contributed by atoms with Gasteiger partial charge >= 0.3 is 14.2 Å². The molecule has 0 amide bonds. The van der Waals surface area contributed by atoms with Crippen molar-refractivity contribution in [3.8, 4) is 0 Å². The van der Waals surface area contributed by atoms with Gasteiger partial charge in [0.05, 0.1) is 22.4 Å². The van der Waals surface area contributed by atoms with E-state index in [4.69, 9.17) is 9.39 Å². The van der Waals surface area contributed by atoms with Crippen LogP contribution in [0.15, 0.2) is 6.07 Å². The fourth-order valence-corrected chi connectivity index (χ4v) is 2.37. The van der Waals surface area contributed by atoms with Crippen molar-refractivity contribution >= 4 is 25.4 Å². The van der Waals surface area contributed by atoms with Crippen molar-refractivity contribution in [2.45, 2.75) is 64.4 Å². The topological polar surface area (TPSA) is 117 Å². The summed E-state index contributed by atoms with van der Waals surface area (Å²) in [7, 11) is -3.17. The number of aromatic nitrogens is 2. The van der Waals surface area contributed by atoms with Gasteiger partial charge in [0.1, 0.15) is 6.23 Å². The highest BCUT2D eigenvalue weighted by molar-refractivity contribution is 6.62. The quantitative estimate of drug-likeness (QED) is 0.467. The zero-order chi connectivity index (χ0) is 18.1. The Kier molecular flexibility index (Phi) is 5.79. The Balaban J connectivity index is 2.24. The summed E-state index contributed by atoms with van der Waals surface area (Å²) in [5, 5.41) is 43.8. The molecule has 0 unspecified atom stereocenters. The minimum absolute atomic E-state index is 0.126. The van der Waals surface area contributed by atoms with Crippen LogP contribution in [0.3, 0.4) is 0 Å². The lowest BCUT2D eigenvalue weighted by molar-refractivity contribution is -0.0984. The van der Waals surface area contributed by atoms with Gasteiger partial charge in [-0.15, -0.1) is 0 Å². The molecule has 134 valence electrons. The molecule has 24 heavy (non-hydrogen) atoms. The first-order chi connectivity index (χ1) is 11.0. The van der Waals surface area contributed by atoms with E-state index < -0.39 is 31.7 Å². The molecule has 2 rings (SSSR count). The van der Waals surface area contributed by atoms with Crippen LogP contribution in [0.25, 0.3) is 0 Å². The molecule has 4 N–H and O–H groups in total. The average Bonchev–Trinajstić information content (AvgIpc) is 2.92. The Hall–Kier alpha value is -0.900. The highest BCUT2D eigenvalue weighted by Gasteiger charge is 2.41. The third kappa shape index (κ3) is 4.19. The van der Waals surface area contributed by atoms with Gasteiger partial charge in [0.15, 0.2) is 0 Å². The maximum absolute atomic E-state index is 10.3. The zero-order valence-corrected chi connectivity index (χ0v) is 14.6. The molecule has 1 saturated heterocycles. The third-order valence-electron chi connectivity index (χ3n) is 4.61. The van der Waals surface area contributed by atoms with E-state index in [0.29, 0.717) is 13.0 Å². The van der Waals surface area contributed by atoms with Gasteiger partial charge in [0.25, 0.3) is 0 Å². The molecule has 0 bridgehead atoms. The van der Waals surface area contributed by atoms with Crippen LogP contribution in [0, 0.1) is 0 Å². The van der Waals surface area contributed by atoms with Gasteiger partial charge in [-0.3, -0.25) is 0 Å². The van der Waals surface area contributed by atoms with Crippen LogP contribution in [0.4, 0.5) is 0 Å². The summed E-state index contributed by atoms with van der Waals surface area (Å²) in [6.07, 6.45) is 2.20. The van der Waals surface area contributed by atoms with Crippen LogP contribution in [0.2, 0.25) is 0 Å². The molecule has 0 spiro atoms. The second-order valence-corrected chi connectivity index (χ2v) is 7.17. The minimum Gasteiger partial charge on any atom is -0.422 e. The van der Waals surface area contributed by atoms with Gasteiger partial charge < -0.3 is 29.6 Å². The molecule has 1 aliphatic heterocycles. The first-order valence-electron chi connectivity index (χ1n) is 8.18. The van der Waals surface area contributed by atoms with Crippen LogP contribution < -0.4 is 11.2 Å². The van der Waals surface area contributed by atoms with Crippen LogP contribution in [-0.2, 0) is 9.39 Å². The van der Waals surface area contributed by atoms with Crippen molar-refractivity contribution in [3.63, 3.8) is 0 Å². The van der Waals surface area contributed by atoms with Crippen molar-refractivity contribution in [2.24, 2.45) is 0 Å². The summed E-state index contributed by atoms with van der Waals surface area (Å²) in [6, 6.07) is 1.37. The Morgan fingerprint density at radius 2 is 1.92 bits per heavy atom. The van der Waals surface area contributed by atoms with Crippen molar-refractivity contribution in [1.29, 1.82) is 0 Å². The number of hydrogen-bond donors (Lipinski definition) is 4. The molecule has 2 heterocycles. The largest absolute Gasteiger partial charge is 0.513 e. The number of aliphatic hydroxyl groups is 1. The Morgan fingerprint density at radius 1 is 1.25 bits per heavy atom. The number of ether oxygens (including phenoxy) is 1. The maximum atomic E-state index is 10.3. The number of hydrogen-bond acceptors (Lipinski definition) is 7. The Morgan fingerprint density at radius 3 is 2.42 bits per heavy atom. The smallest absolute Gasteiger partial charge is 0.422 e. The van der Waals surface area contributed by atoms with Gasteiger partial charge in [-0.1, -0.05) is 0 Å². The standard InChI is InChI=1S/C14H26B2N2O6/c1-13(2,19)14(3,4)24-16(22)10-9-11(15(20)21)18(17-10)12-7-5-6-8-23-12/h9,12,19-22H,5-8H2,1-4H3/t12-/m1/s1. The number of nitrogens with zero attached hydrogens (tertiary/aromatic N) is 2. The van der Waals surface area contributed by atoms with Crippen molar-refractivity contribution in [2.75, 3.05) is 6.61 Å². The fourth-order valence-electron chi connectivity index (χ4n) is 2.37. The van der Waals surface area contributed by atoms with Crippen LogP contribution in [0.1, 0.15) is 53.2 Å². The second-order valence-electron chi connectivity index (χ2n) is 7.17. The first kappa shape index (κ1) is 19.4. The molecule has 0 saturated carbocycles.